The number of likely N-dealkylation sites (tertiary alicyclic amines) is 1. The maximum absolute atomic E-state index is 12.6. The van der Waals surface area contributed by atoms with E-state index in [1.165, 1.54) is 30.5 Å². The first-order valence-corrected chi connectivity index (χ1v) is 11.8. The largest absolute Gasteiger partial charge is 0.372 e. The van der Waals surface area contributed by atoms with E-state index in [0.29, 0.717) is 5.11 Å². The molecule has 2 N–H and O–H groups in total. The van der Waals surface area contributed by atoms with Crippen molar-refractivity contribution in [3.63, 3.8) is 0 Å². The maximum atomic E-state index is 12.6. The number of carbonyl (C=O) groups is 1. The Bertz CT molecular complexity index is 885. The molecule has 2 heterocycles. The Kier molecular flexibility index (Phi) is 7.07. The van der Waals surface area contributed by atoms with Gasteiger partial charge in [-0.2, -0.15) is 0 Å². The Morgan fingerprint density at radius 1 is 0.871 bits per heavy atom. The third-order valence-electron chi connectivity index (χ3n) is 6.24. The molecular formula is C25H32N4OS. The Morgan fingerprint density at radius 2 is 1.48 bits per heavy atom. The number of amides is 1. The van der Waals surface area contributed by atoms with Crippen LogP contribution in [0.5, 0.6) is 0 Å². The van der Waals surface area contributed by atoms with E-state index < -0.39 is 0 Å². The molecule has 2 aromatic carbocycles. The summed E-state index contributed by atoms with van der Waals surface area (Å²) in [5.41, 5.74) is 4.12. The lowest BCUT2D eigenvalue weighted by molar-refractivity contribution is 0.0724. The highest BCUT2D eigenvalue weighted by Crippen LogP contribution is 2.23. The van der Waals surface area contributed by atoms with Gasteiger partial charge >= 0.3 is 0 Å². The number of nitrogens with zero attached hydrogens (tertiary/aromatic N) is 2. The minimum atomic E-state index is 0.104. The van der Waals surface area contributed by atoms with E-state index in [1.807, 2.05) is 29.2 Å². The number of benzene rings is 2. The zero-order chi connectivity index (χ0) is 21.6. The molecule has 31 heavy (non-hydrogen) atoms. The van der Waals surface area contributed by atoms with Crippen LogP contribution in [0.4, 0.5) is 11.4 Å². The van der Waals surface area contributed by atoms with Gasteiger partial charge in [-0.15, -0.1) is 0 Å². The lowest BCUT2D eigenvalue weighted by atomic mass is 10.1. The van der Waals surface area contributed by atoms with Crippen molar-refractivity contribution in [3.8, 4) is 0 Å². The number of carbonyl (C=O) groups excluding carboxylic acids is 1. The topological polar surface area (TPSA) is 47.6 Å². The lowest BCUT2D eigenvalue weighted by Crippen LogP contribution is -2.35. The summed E-state index contributed by atoms with van der Waals surface area (Å²) in [5, 5.41) is 7.16. The predicted octanol–water partition coefficient (Wildman–Crippen LogP) is 4.96. The van der Waals surface area contributed by atoms with Crippen LogP contribution < -0.4 is 15.5 Å². The van der Waals surface area contributed by atoms with Crippen molar-refractivity contribution >= 4 is 34.6 Å². The summed E-state index contributed by atoms with van der Waals surface area (Å²) in [6.45, 7) is 6.15. The van der Waals surface area contributed by atoms with Crippen LogP contribution >= 0.6 is 12.2 Å². The third-order valence-corrected chi connectivity index (χ3v) is 6.46. The fourth-order valence-corrected chi connectivity index (χ4v) is 4.67. The molecular weight excluding hydrogens is 404 g/mol. The summed E-state index contributed by atoms with van der Waals surface area (Å²) >= 11 is 5.51. The minimum absolute atomic E-state index is 0.104. The summed E-state index contributed by atoms with van der Waals surface area (Å²) in [4.78, 5) is 17.0. The van der Waals surface area contributed by atoms with Crippen LogP contribution in [0.2, 0.25) is 0 Å². The number of piperidine rings is 1. The highest BCUT2D eigenvalue weighted by molar-refractivity contribution is 7.80. The first-order valence-electron chi connectivity index (χ1n) is 11.4. The van der Waals surface area contributed by atoms with E-state index in [4.69, 9.17) is 12.2 Å². The monoisotopic (exact) mass is 436 g/mol. The molecule has 164 valence electrons. The van der Waals surface area contributed by atoms with Crippen molar-refractivity contribution in [1.29, 1.82) is 0 Å². The van der Waals surface area contributed by atoms with Crippen LogP contribution in [0.15, 0.2) is 48.5 Å². The molecule has 1 atom stereocenters. The Hall–Kier alpha value is -2.60. The quantitative estimate of drug-likeness (QED) is 0.649. The highest BCUT2D eigenvalue weighted by Gasteiger charge is 2.18. The molecule has 2 aliphatic heterocycles. The Morgan fingerprint density at radius 3 is 2.13 bits per heavy atom. The van der Waals surface area contributed by atoms with Gasteiger partial charge in [0.25, 0.3) is 5.91 Å². The molecule has 0 spiro atoms. The van der Waals surface area contributed by atoms with Crippen molar-refractivity contribution < 1.29 is 4.79 Å². The molecule has 0 unspecified atom stereocenters. The molecule has 0 bridgehead atoms. The SMILES string of the molecule is C[C@@H](NC(=S)Nc1ccc(C(=O)N2CCCCC2)cc1)c1ccc(N2CCCC2)cc1. The number of anilines is 2. The number of nitrogens with one attached hydrogen (secondary N) is 2. The summed E-state index contributed by atoms with van der Waals surface area (Å²) in [6, 6.07) is 16.4. The number of hydrogen-bond acceptors (Lipinski definition) is 3. The summed E-state index contributed by atoms with van der Waals surface area (Å²) in [5.74, 6) is 0.123. The fraction of sp³-hybridized carbons (Fsp3) is 0.440. The van der Waals surface area contributed by atoms with E-state index >= 15 is 0 Å². The smallest absolute Gasteiger partial charge is 0.253 e. The Labute approximate surface area is 190 Å². The standard InChI is InChI=1S/C25H32N4OS/c1-19(20-9-13-23(14-10-20)28-15-5-6-16-28)26-25(31)27-22-11-7-21(8-12-22)24(30)29-17-3-2-4-18-29/h7-14,19H,2-6,15-18H2,1H3,(H2,26,27,31)/t19-/m1/s1. The van der Waals surface area contributed by atoms with Crippen molar-refractivity contribution in [2.24, 2.45) is 0 Å². The van der Waals surface area contributed by atoms with Crippen LogP contribution in [0, 0.1) is 0 Å². The van der Waals surface area contributed by atoms with Gasteiger partial charge in [-0.25, -0.2) is 0 Å². The zero-order valence-electron chi connectivity index (χ0n) is 18.3. The van der Waals surface area contributed by atoms with E-state index in [1.54, 1.807) is 0 Å². The van der Waals surface area contributed by atoms with E-state index in [-0.39, 0.29) is 11.9 Å². The normalized spacial score (nSPS) is 17.3. The molecule has 0 radical (unpaired) electrons. The van der Waals surface area contributed by atoms with Crippen molar-refractivity contribution in [3.05, 3.63) is 59.7 Å². The van der Waals surface area contributed by atoms with Gasteiger partial charge in [0, 0.05) is 43.1 Å². The summed E-state index contributed by atoms with van der Waals surface area (Å²) in [7, 11) is 0. The highest BCUT2D eigenvalue weighted by atomic mass is 32.1. The molecule has 2 aromatic rings. The fourth-order valence-electron chi connectivity index (χ4n) is 4.37. The van der Waals surface area contributed by atoms with Gasteiger partial charge in [0.05, 0.1) is 6.04 Å². The van der Waals surface area contributed by atoms with Crippen LogP contribution in [0.1, 0.15) is 61.0 Å². The minimum Gasteiger partial charge on any atom is -0.372 e. The second-order valence-electron chi connectivity index (χ2n) is 8.54. The van der Waals surface area contributed by atoms with E-state index in [0.717, 1.165) is 50.3 Å². The number of thiocarbonyl (C=S) groups is 1. The van der Waals surface area contributed by atoms with E-state index in [9.17, 15) is 4.79 Å². The second-order valence-corrected chi connectivity index (χ2v) is 8.94. The number of rotatable bonds is 5. The molecule has 5 nitrogen and oxygen atoms in total. The van der Waals surface area contributed by atoms with Gasteiger partial charge in [-0.1, -0.05) is 12.1 Å². The average Bonchev–Trinajstić information content (AvgIpc) is 3.35. The van der Waals surface area contributed by atoms with Crippen LogP contribution in [0.25, 0.3) is 0 Å². The molecule has 6 heteroatoms. The van der Waals surface area contributed by atoms with Crippen molar-refractivity contribution in [2.75, 3.05) is 36.4 Å². The van der Waals surface area contributed by atoms with E-state index in [2.05, 4.69) is 46.7 Å². The molecule has 2 saturated heterocycles. The summed E-state index contributed by atoms with van der Waals surface area (Å²) in [6.07, 6.45) is 5.99. The van der Waals surface area contributed by atoms with Gasteiger partial charge in [0.2, 0.25) is 0 Å². The van der Waals surface area contributed by atoms with Gasteiger partial charge in [0.15, 0.2) is 5.11 Å². The maximum Gasteiger partial charge on any atom is 0.253 e. The van der Waals surface area contributed by atoms with Crippen LogP contribution in [-0.4, -0.2) is 42.1 Å². The Balaban J connectivity index is 1.29. The van der Waals surface area contributed by atoms with Gasteiger partial charge in [-0.3, -0.25) is 4.79 Å². The second kappa shape index (κ2) is 10.1. The third kappa shape index (κ3) is 5.56. The molecule has 0 aromatic heterocycles. The van der Waals surface area contributed by atoms with Crippen molar-refractivity contribution in [1.82, 2.24) is 10.2 Å². The molecule has 0 saturated carbocycles. The average molecular weight is 437 g/mol. The van der Waals surface area contributed by atoms with Crippen LogP contribution in [-0.2, 0) is 0 Å². The van der Waals surface area contributed by atoms with Gasteiger partial charge in [0.1, 0.15) is 0 Å². The van der Waals surface area contributed by atoms with Crippen LogP contribution in [0.3, 0.4) is 0 Å². The van der Waals surface area contributed by atoms with Gasteiger partial charge < -0.3 is 20.4 Å². The zero-order valence-corrected chi connectivity index (χ0v) is 19.1. The van der Waals surface area contributed by atoms with Gasteiger partial charge in [-0.05, 0) is 93.2 Å². The lowest BCUT2D eigenvalue weighted by Gasteiger charge is -2.26. The first kappa shape index (κ1) is 21.6. The first-order chi connectivity index (χ1) is 15.1. The van der Waals surface area contributed by atoms with Crippen molar-refractivity contribution in [2.45, 2.75) is 45.1 Å². The predicted molar refractivity (Wildman–Crippen MR) is 132 cm³/mol. The molecule has 0 aliphatic carbocycles. The molecule has 2 fully saturated rings. The molecule has 1 amide bonds. The molecule has 2 aliphatic rings. The number of hydrogen-bond donors (Lipinski definition) is 2. The summed E-state index contributed by atoms with van der Waals surface area (Å²) < 4.78 is 0. The molecule has 4 rings (SSSR count).